The fourth-order valence-electron chi connectivity index (χ4n) is 1.88. The predicted octanol–water partition coefficient (Wildman–Crippen LogP) is 5.18. The van der Waals surface area contributed by atoms with Gasteiger partial charge in [-0.25, -0.2) is 0 Å². The van der Waals surface area contributed by atoms with Gasteiger partial charge in [-0.1, -0.05) is 43.0 Å². The average molecular weight is 274 g/mol. The molecule has 1 aromatic carbocycles. The van der Waals surface area contributed by atoms with E-state index in [1.165, 1.54) is 24.8 Å². The average Bonchev–Trinajstić information content (AvgIpc) is 2.27. The maximum absolute atomic E-state index is 6.02. The first-order chi connectivity index (χ1) is 8.04. The van der Waals surface area contributed by atoms with Crippen molar-refractivity contribution in [3.63, 3.8) is 0 Å². The topological polar surface area (TPSA) is 3.24 Å². The van der Waals surface area contributed by atoms with Crippen molar-refractivity contribution in [1.82, 2.24) is 4.90 Å². The first kappa shape index (κ1) is 14.8. The van der Waals surface area contributed by atoms with Crippen LogP contribution >= 0.6 is 23.2 Å². The van der Waals surface area contributed by atoms with E-state index >= 15 is 0 Å². The van der Waals surface area contributed by atoms with Crippen molar-refractivity contribution in [1.29, 1.82) is 0 Å². The highest BCUT2D eigenvalue weighted by molar-refractivity contribution is 6.34. The monoisotopic (exact) mass is 273 g/mol. The maximum atomic E-state index is 6.02. The van der Waals surface area contributed by atoms with E-state index in [1.807, 2.05) is 12.1 Å². The van der Waals surface area contributed by atoms with Gasteiger partial charge in [0.2, 0.25) is 0 Å². The molecule has 17 heavy (non-hydrogen) atoms. The Balaban J connectivity index is 2.64. The summed E-state index contributed by atoms with van der Waals surface area (Å²) >= 11 is 12.0. The van der Waals surface area contributed by atoms with E-state index in [-0.39, 0.29) is 0 Å². The van der Waals surface area contributed by atoms with Crippen LogP contribution in [0, 0.1) is 0 Å². The lowest BCUT2D eigenvalue weighted by Gasteiger charge is -2.25. The maximum Gasteiger partial charge on any atom is 0.0424 e. The van der Waals surface area contributed by atoms with Crippen LogP contribution in [0.4, 0.5) is 0 Å². The summed E-state index contributed by atoms with van der Waals surface area (Å²) < 4.78 is 0. The molecule has 1 nitrogen and oxygen atoms in total. The summed E-state index contributed by atoms with van der Waals surface area (Å²) in [4.78, 5) is 2.34. The lowest BCUT2D eigenvalue weighted by atomic mass is 10.1. The summed E-state index contributed by atoms with van der Waals surface area (Å²) in [7, 11) is 2.15. The third kappa shape index (κ3) is 4.87. The molecule has 0 heterocycles. The van der Waals surface area contributed by atoms with Crippen molar-refractivity contribution in [3.8, 4) is 0 Å². The predicted molar refractivity (Wildman–Crippen MR) is 77.0 cm³/mol. The van der Waals surface area contributed by atoms with Gasteiger partial charge >= 0.3 is 0 Å². The second kappa shape index (κ2) is 7.25. The zero-order chi connectivity index (χ0) is 12.8. The summed E-state index contributed by atoms with van der Waals surface area (Å²) in [6, 6.07) is 6.11. The third-order valence-electron chi connectivity index (χ3n) is 3.14. The molecule has 0 saturated carbocycles. The van der Waals surface area contributed by atoms with E-state index in [4.69, 9.17) is 23.2 Å². The van der Waals surface area contributed by atoms with E-state index in [1.54, 1.807) is 6.07 Å². The number of benzene rings is 1. The van der Waals surface area contributed by atoms with Crippen molar-refractivity contribution in [2.75, 3.05) is 13.6 Å². The lowest BCUT2D eigenvalue weighted by Crippen LogP contribution is -2.23. The van der Waals surface area contributed by atoms with Gasteiger partial charge in [-0.15, -0.1) is 0 Å². The number of unbranched alkanes of at least 4 members (excludes halogenated alkanes) is 2. The van der Waals surface area contributed by atoms with E-state index in [0.717, 1.165) is 6.54 Å². The van der Waals surface area contributed by atoms with Gasteiger partial charge in [0.15, 0.2) is 0 Å². The van der Waals surface area contributed by atoms with Crippen LogP contribution in [0.25, 0.3) is 0 Å². The zero-order valence-corrected chi connectivity index (χ0v) is 12.4. The van der Waals surface area contributed by atoms with E-state index in [2.05, 4.69) is 25.8 Å². The van der Waals surface area contributed by atoms with Crippen LogP contribution in [0.15, 0.2) is 18.2 Å². The van der Waals surface area contributed by atoms with E-state index < -0.39 is 0 Å². The number of halogens is 2. The highest BCUT2D eigenvalue weighted by atomic mass is 35.5. The van der Waals surface area contributed by atoms with Gasteiger partial charge in [-0.2, -0.15) is 0 Å². The minimum Gasteiger partial charge on any atom is -0.300 e. The van der Waals surface area contributed by atoms with Crippen molar-refractivity contribution in [2.45, 2.75) is 39.2 Å². The molecule has 1 rings (SSSR count). The van der Waals surface area contributed by atoms with Crippen LogP contribution in [-0.4, -0.2) is 18.5 Å². The summed E-state index contributed by atoms with van der Waals surface area (Å²) in [5.74, 6) is 0. The van der Waals surface area contributed by atoms with Gasteiger partial charge in [-0.05, 0) is 50.7 Å². The quantitative estimate of drug-likeness (QED) is 0.646. The van der Waals surface area contributed by atoms with Gasteiger partial charge in [0.25, 0.3) is 0 Å². The Morgan fingerprint density at radius 3 is 2.24 bits per heavy atom. The SMILES string of the molecule is CCCCCN(C)[C@@H](C)c1cc(Cl)cc(Cl)c1. The van der Waals surface area contributed by atoms with Crippen molar-refractivity contribution < 1.29 is 0 Å². The molecule has 0 aliphatic carbocycles. The molecular weight excluding hydrogens is 253 g/mol. The molecule has 0 unspecified atom stereocenters. The van der Waals surface area contributed by atoms with Crippen LogP contribution in [0.2, 0.25) is 10.0 Å². The molecule has 0 fully saturated rings. The molecule has 3 heteroatoms. The molecular formula is C14H21Cl2N. The molecule has 1 atom stereocenters. The standard InChI is InChI=1S/C14H21Cl2N/c1-4-5-6-7-17(3)11(2)12-8-13(15)10-14(16)9-12/h8-11H,4-7H2,1-3H3/t11-/m0/s1. The number of hydrogen-bond acceptors (Lipinski definition) is 1. The largest absolute Gasteiger partial charge is 0.300 e. The summed E-state index contributed by atoms with van der Waals surface area (Å²) in [6.45, 7) is 5.52. The number of nitrogens with zero attached hydrogens (tertiary/aromatic N) is 1. The lowest BCUT2D eigenvalue weighted by molar-refractivity contribution is 0.256. The Labute approximate surface area is 115 Å². The normalized spacial score (nSPS) is 13.1. The highest BCUT2D eigenvalue weighted by Crippen LogP contribution is 2.26. The molecule has 0 N–H and O–H groups in total. The molecule has 1 aromatic rings. The third-order valence-corrected chi connectivity index (χ3v) is 3.58. The Bertz CT molecular complexity index is 332. The smallest absolute Gasteiger partial charge is 0.0424 e. The summed E-state index contributed by atoms with van der Waals surface area (Å²) in [6.07, 6.45) is 3.78. The fraction of sp³-hybridized carbons (Fsp3) is 0.571. The van der Waals surface area contributed by atoms with Crippen molar-refractivity contribution >= 4 is 23.2 Å². The second-order valence-electron chi connectivity index (χ2n) is 4.57. The Hall–Kier alpha value is -0.240. The Kier molecular flexibility index (Phi) is 6.32. The van der Waals surface area contributed by atoms with Crippen LogP contribution in [0.1, 0.15) is 44.7 Å². The van der Waals surface area contributed by atoms with Crippen LogP contribution in [-0.2, 0) is 0 Å². The second-order valence-corrected chi connectivity index (χ2v) is 5.44. The van der Waals surface area contributed by atoms with Crippen LogP contribution in [0.5, 0.6) is 0 Å². The number of rotatable bonds is 6. The highest BCUT2D eigenvalue weighted by Gasteiger charge is 2.12. The molecule has 0 radical (unpaired) electrons. The first-order valence-electron chi connectivity index (χ1n) is 6.20. The molecule has 0 aliphatic heterocycles. The van der Waals surface area contributed by atoms with Crippen LogP contribution < -0.4 is 0 Å². The zero-order valence-electron chi connectivity index (χ0n) is 10.8. The van der Waals surface area contributed by atoms with Gasteiger partial charge in [0.1, 0.15) is 0 Å². The minimum atomic E-state index is 0.350. The molecule has 0 amide bonds. The van der Waals surface area contributed by atoms with Gasteiger partial charge in [0.05, 0.1) is 0 Å². The van der Waals surface area contributed by atoms with E-state index in [0.29, 0.717) is 16.1 Å². The van der Waals surface area contributed by atoms with Gasteiger partial charge in [-0.3, -0.25) is 4.90 Å². The number of hydrogen-bond donors (Lipinski definition) is 0. The van der Waals surface area contributed by atoms with Gasteiger partial charge in [0, 0.05) is 16.1 Å². The van der Waals surface area contributed by atoms with Gasteiger partial charge < -0.3 is 0 Å². The summed E-state index contributed by atoms with van der Waals surface area (Å²) in [5.41, 5.74) is 1.18. The van der Waals surface area contributed by atoms with Crippen molar-refractivity contribution in [2.24, 2.45) is 0 Å². The molecule has 96 valence electrons. The Morgan fingerprint density at radius 2 is 1.71 bits per heavy atom. The molecule has 0 spiro atoms. The summed E-state index contributed by atoms with van der Waals surface area (Å²) in [5, 5.41) is 1.42. The molecule has 0 bridgehead atoms. The van der Waals surface area contributed by atoms with Crippen molar-refractivity contribution in [3.05, 3.63) is 33.8 Å². The Morgan fingerprint density at radius 1 is 1.12 bits per heavy atom. The van der Waals surface area contributed by atoms with E-state index in [9.17, 15) is 0 Å². The molecule has 0 saturated heterocycles. The molecule has 0 aliphatic rings. The first-order valence-corrected chi connectivity index (χ1v) is 6.96. The fourth-order valence-corrected chi connectivity index (χ4v) is 2.42. The van der Waals surface area contributed by atoms with Crippen LogP contribution in [0.3, 0.4) is 0 Å². The minimum absolute atomic E-state index is 0.350. The molecule has 0 aromatic heterocycles.